The van der Waals surface area contributed by atoms with Gasteiger partial charge in [-0.2, -0.15) is 0 Å². The van der Waals surface area contributed by atoms with E-state index in [1.165, 1.54) is 0 Å². The zero-order valence-electron chi connectivity index (χ0n) is 12.2. The SMILES string of the molecule is CCCNc1ncc(Br)cc1C(=O)NC1CCCCC1O. The molecule has 0 saturated heterocycles. The van der Waals surface area contributed by atoms with Crippen LogP contribution in [-0.2, 0) is 0 Å². The lowest BCUT2D eigenvalue weighted by Crippen LogP contribution is -2.45. The molecule has 1 saturated carbocycles. The number of amides is 1. The summed E-state index contributed by atoms with van der Waals surface area (Å²) in [5.74, 6) is 0.399. The molecule has 2 unspecified atom stereocenters. The molecule has 1 aromatic rings. The number of pyridine rings is 1. The van der Waals surface area contributed by atoms with Crippen LogP contribution >= 0.6 is 15.9 Å². The lowest BCUT2D eigenvalue weighted by atomic mass is 9.92. The van der Waals surface area contributed by atoms with E-state index in [9.17, 15) is 9.90 Å². The van der Waals surface area contributed by atoms with Gasteiger partial charge in [0.05, 0.1) is 17.7 Å². The van der Waals surface area contributed by atoms with E-state index in [0.29, 0.717) is 11.4 Å². The van der Waals surface area contributed by atoms with Crippen molar-refractivity contribution in [3.05, 3.63) is 22.3 Å². The Morgan fingerprint density at radius 2 is 2.24 bits per heavy atom. The van der Waals surface area contributed by atoms with E-state index in [4.69, 9.17) is 0 Å². The zero-order valence-corrected chi connectivity index (χ0v) is 13.8. The summed E-state index contributed by atoms with van der Waals surface area (Å²) >= 11 is 3.35. The van der Waals surface area contributed by atoms with Crippen molar-refractivity contribution in [1.82, 2.24) is 10.3 Å². The number of carbonyl (C=O) groups is 1. The topological polar surface area (TPSA) is 74.2 Å². The van der Waals surface area contributed by atoms with Gasteiger partial charge in [-0.15, -0.1) is 0 Å². The van der Waals surface area contributed by atoms with Gasteiger partial charge < -0.3 is 15.7 Å². The summed E-state index contributed by atoms with van der Waals surface area (Å²) in [7, 11) is 0. The van der Waals surface area contributed by atoms with Crippen molar-refractivity contribution < 1.29 is 9.90 Å². The average Bonchev–Trinajstić information content (AvgIpc) is 2.48. The van der Waals surface area contributed by atoms with E-state index >= 15 is 0 Å². The molecule has 0 radical (unpaired) electrons. The predicted molar refractivity (Wildman–Crippen MR) is 86.4 cm³/mol. The van der Waals surface area contributed by atoms with E-state index in [0.717, 1.165) is 43.1 Å². The van der Waals surface area contributed by atoms with Gasteiger partial charge in [0.2, 0.25) is 0 Å². The molecule has 0 aliphatic heterocycles. The van der Waals surface area contributed by atoms with Crippen LogP contribution in [0.4, 0.5) is 5.82 Å². The molecule has 1 aliphatic rings. The first-order valence-corrected chi connectivity index (χ1v) is 8.29. The molecule has 2 atom stereocenters. The van der Waals surface area contributed by atoms with Crippen LogP contribution in [0, 0.1) is 0 Å². The molecule has 3 N–H and O–H groups in total. The van der Waals surface area contributed by atoms with Crippen molar-refractivity contribution >= 4 is 27.7 Å². The van der Waals surface area contributed by atoms with Crippen molar-refractivity contribution in [2.45, 2.75) is 51.2 Å². The van der Waals surface area contributed by atoms with Crippen molar-refractivity contribution in [3.63, 3.8) is 0 Å². The minimum atomic E-state index is -0.449. The van der Waals surface area contributed by atoms with Crippen molar-refractivity contribution in [2.75, 3.05) is 11.9 Å². The van der Waals surface area contributed by atoms with Crippen molar-refractivity contribution in [3.8, 4) is 0 Å². The first-order valence-electron chi connectivity index (χ1n) is 7.50. The van der Waals surface area contributed by atoms with Gasteiger partial charge in [-0.1, -0.05) is 19.8 Å². The number of anilines is 1. The Bertz CT molecular complexity index is 496. The first kappa shape index (κ1) is 16.2. The number of hydrogen-bond acceptors (Lipinski definition) is 4. The molecule has 1 fully saturated rings. The molecule has 1 aromatic heterocycles. The molecule has 0 bridgehead atoms. The number of nitrogens with zero attached hydrogens (tertiary/aromatic N) is 1. The Morgan fingerprint density at radius 1 is 1.48 bits per heavy atom. The van der Waals surface area contributed by atoms with Gasteiger partial charge in [-0.25, -0.2) is 4.98 Å². The fourth-order valence-corrected chi connectivity index (χ4v) is 2.85. The monoisotopic (exact) mass is 355 g/mol. The lowest BCUT2D eigenvalue weighted by Gasteiger charge is -2.28. The van der Waals surface area contributed by atoms with E-state index in [1.807, 2.05) is 0 Å². The molecule has 116 valence electrons. The highest BCUT2D eigenvalue weighted by molar-refractivity contribution is 9.10. The third-order valence-corrected chi connectivity index (χ3v) is 4.12. The first-order chi connectivity index (χ1) is 10.1. The minimum Gasteiger partial charge on any atom is -0.391 e. The van der Waals surface area contributed by atoms with Gasteiger partial charge >= 0.3 is 0 Å². The number of halogens is 1. The van der Waals surface area contributed by atoms with Gasteiger partial charge in [-0.05, 0) is 41.3 Å². The summed E-state index contributed by atoms with van der Waals surface area (Å²) in [5.41, 5.74) is 0.510. The molecule has 0 spiro atoms. The second kappa shape index (κ2) is 7.75. The molecule has 1 amide bonds. The van der Waals surface area contributed by atoms with E-state index in [2.05, 4.69) is 38.5 Å². The zero-order chi connectivity index (χ0) is 15.2. The lowest BCUT2D eigenvalue weighted by molar-refractivity contribution is 0.0717. The average molecular weight is 356 g/mol. The molecule has 21 heavy (non-hydrogen) atoms. The summed E-state index contributed by atoms with van der Waals surface area (Å²) in [6, 6.07) is 1.60. The maximum atomic E-state index is 12.5. The number of aliphatic hydroxyl groups excluding tert-OH is 1. The number of carbonyl (C=O) groups excluding carboxylic acids is 1. The Labute approximate surface area is 133 Å². The van der Waals surface area contributed by atoms with E-state index < -0.39 is 6.10 Å². The molecule has 0 aromatic carbocycles. The Morgan fingerprint density at radius 3 is 2.95 bits per heavy atom. The molecule has 2 rings (SSSR count). The fraction of sp³-hybridized carbons (Fsp3) is 0.600. The largest absolute Gasteiger partial charge is 0.391 e. The highest BCUT2D eigenvalue weighted by atomic mass is 79.9. The number of rotatable bonds is 5. The molecule has 6 heteroatoms. The Hall–Kier alpha value is -1.14. The summed E-state index contributed by atoms with van der Waals surface area (Å²) < 4.78 is 0.763. The van der Waals surface area contributed by atoms with E-state index in [1.54, 1.807) is 12.3 Å². The summed E-state index contributed by atoms with van der Waals surface area (Å²) in [4.78, 5) is 16.7. The predicted octanol–water partition coefficient (Wildman–Crippen LogP) is 2.70. The number of aliphatic hydroxyl groups is 1. The standard InChI is InChI=1S/C15H22BrN3O2/c1-2-7-17-14-11(8-10(16)9-18-14)15(21)19-12-5-3-4-6-13(12)20/h8-9,12-13,20H,2-7H2,1H3,(H,17,18)(H,19,21). The number of hydrogen-bond donors (Lipinski definition) is 3. The van der Waals surface area contributed by atoms with Crippen LogP contribution in [0.25, 0.3) is 0 Å². The number of nitrogens with one attached hydrogen (secondary N) is 2. The Balaban J connectivity index is 2.11. The van der Waals surface area contributed by atoms with Gasteiger partial charge in [0, 0.05) is 17.2 Å². The normalized spacial score (nSPS) is 21.9. The van der Waals surface area contributed by atoms with Gasteiger partial charge in [0.25, 0.3) is 5.91 Å². The summed E-state index contributed by atoms with van der Waals surface area (Å²) in [5, 5.41) is 16.1. The minimum absolute atomic E-state index is 0.163. The number of aromatic nitrogens is 1. The second-order valence-corrected chi connectivity index (χ2v) is 6.32. The molecule has 5 nitrogen and oxygen atoms in total. The van der Waals surface area contributed by atoms with Gasteiger partial charge in [-0.3, -0.25) is 4.79 Å². The van der Waals surface area contributed by atoms with Crippen LogP contribution in [0.15, 0.2) is 16.7 Å². The van der Waals surface area contributed by atoms with Crippen LogP contribution in [0.2, 0.25) is 0 Å². The Kier molecular flexibility index (Phi) is 5.99. The van der Waals surface area contributed by atoms with Crippen LogP contribution in [0.3, 0.4) is 0 Å². The highest BCUT2D eigenvalue weighted by Gasteiger charge is 2.26. The smallest absolute Gasteiger partial charge is 0.255 e. The van der Waals surface area contributed by atoms with Crippen LogP contribution < -0.4 is 10.6 Å². The van der Waals surface area contributed by atoms with Crippen LogP contribution in [0.1, 0.15) is 49.4 Å². The van der Waals surface area contributed by atoms with Gasteiger partial charge in [0.15, 0.2) is 0 Å². The van der Waals surface area contributed by atoms with Crippen molar-refractivity contribution in [2.24, 2.45) is 0 Å². The van der Waals surface area contributed by atoms with Gasteiger partial charge in [0.1, 0.15) is 5.82 Å². The summed E-state index contributed by atoms with van der Waals surface area (Å²) in [6.07, 6.45) is 5.82. The maximum Gasteiger partial charge on any atom is 0.255 e. The van der Waals surface area contributed by atoms with Crippen LogP contribution in [0.5, 0.6) is 0 Å². The molecule has 1 heterocycles. The molecule has 1 aliphatic carbocycles. The third-order valence-electron chi connectivity index (χ3n) is 3.69. The van der Waals surface area contributed by atoms with E-state index in [-0.39, 0.29) is 11.9 Å². The third kappa shape index (κ3) is 4.41. The summed E-state index contributed by atoms with van der Waals surface area (Å²) in [6.45, 7) is 2.82. The highest BCUT2D eigenvalue weighted by Crippen LogP contribution is 2.21. The molecular formula is C15H22BrN3O2. The molecular weight excluding hydrogens is 334 g/mol. The quantitative estimate of drug-likeness (QED) is 0.758. The second-order valence-electron chi connectivity index (χ2n) is 5.41. The van der Waals surface area contributed by atoms with Crippen LogP contribution in [-0.4, -0.2) is 34.7 Å². The van der Waals surface area contributed by atoms with Crippen molar-refractivity contribution in [1.29, 1.82) is 0 Å². The maximum absolute atomic E-state index is 12.5. The fourth-order valence-electron chi connectivity index (χ4n) is 2.52.